The van der Waals surface area contributed by atoms with Gasteiger partial charge >= 0.3 is 0 Å². The zero-order chi connectivity index (χ0) is 20.8. The number of likely N-dealkylation sites (tertiary alicyclic amines) is 1. The summed E-state index contributed by atoms with van der Waals surface area (Å²) in [7, 11) is 1.71. The highest BCUT2D eigenvalue weighted by Gasteiger charge is 2.39. The van der Waals surface area contributed by atoms with Crippen LogP contribution < -0.4 is 16.0 Å². The average Bonchev–Trinajstić information content (AvgIpc) is 2.70. The molecule has 1 aromatic rings. The number of carbonyl (C=O) groups excluding carboxylic acids is 2. The molecule has 7 nitrogen and oxygen atoms in total. The second-order valence-corrected chi connectivity index (χ2v) is 8.96. The molecule has 0 bridgehead atoms. The van der Waals surface area contributed by atoms with Crippen LogP contribution in [0.1, 0.15) is 24.0 Å². The standard InChI is InChI=1S/C21H32N4O3S/c1-14-5-6-16(11-15(14)2)22-19(26)13-29-21-23-18-7-9-25(8-4-10-28-3)12-17(18)20(27)24-21/h5-6,11,17-18,21,23H,4,7-10,12-13H2,1-3H3,(H,22,26)(H,24,27). The second-order valence-electron chi connectivity index (χ2n) is 7.86. The van der Waals surface area contributed by atoms with Crippen molar-refractivity contribution in [3.8, 4) is 0 Å². The Hall–Kier alpha value is -1.61. The highest BCUT2D eigenvalue weighted by molar-refractivity contribution is 8.00. The van der Waals surface area contributed by atoms with Gasteiger partial charge in [-0.3, -0.25) is 14.9 Å². The number of nitrogens with one attached hydrogen (secondary N) is 3. The fourth-order valence-corrected chi connectivity index (χ4v) is 4.72. The summed E-state index contributed by atoms with van der Waals surface area (Å²) >= 11 is 1.42. The molecule has 0 aromatic heterocycles. The van der Waals surface area contributed by atoms with E-state index >= 15 is 0 Å². The number of thioether (sulfide) groups is 1. The summed E-state index contributed by atoms with van der Waals surface area (Å²) < 4.78 is 5.12. The Morgan fingerprint density at radius 3 is 2.93 bits per heavy atom. The van der Waals surface area contributed by atoms with Crippen LogP contribution in [-0.2, 0) is 14.3 Å². The molecule has 0 saturated carbocycles. The van der Waals surface area contributed by atoms with Gasteiger partial charge in [0.1, 0.15) is 5.50 Å². The number of benzene rings is 1. The van der Waals surface area contributed by atoms with E-state index < -0.39 is 0 Å². The molecule has 2 aliphatic rings. The number of methoxy groups -OCH3 is 1. The third kappa shape index (κ3) is 6.18. The van der Waals surface area contributed by atoms with Gasteiger partial charge in [0, 0.05) is 38.5 Å². The van der Waals surface area contributed by atoms with Crippen LogP contribution in [0.3, 0.4) is 0 Å². The first-order valence-electron chi connectivity index (χ1n) is 10.2. The molecule has 3 atom stereocenters. The highest BCUT2D eigenvalue weighted by Crippen LogP contribution is 2.24. The van der Waals surface area contributed by atoms with Crippen molar-refractivity contribution in [1.82, 2.24) is 15.5 Å². The lowest BCUT2D eigenvalue weighted by Gasteiger charge is -2.43. The molecule has 3 rings (SSSR count). The van der Waals surface area contributed by atoms with Gasteiger partial charge in [-0.15, -0.1) is 11.8 Å². The van der Waals surface area contributed by atoms with Gasteiger partial charge in [-0.05, 0) is 56.5 Å². The summed E-state index contributed by atoms with van der Waals surface area (Å²) in [5, 5.41) is 9.46. The van der Waals surface area contributed by atoms with Gasteiger partial charge in [0.15, 0.2) is 0 Å². The number of carbonyl (C=O) groups is 2. The monoisotopic (exact) mass is 420 g/mol. The zero-order valence-electron chi connectivity index (χ0n) is 17.5. The third-order valence-electron chi connectivity index (χ3n) is 5.67. The lowest BCUT2D eigenvalue weighted by Crippen LogP contribution is -2.65. The fourth-order valence-electron chi connectivity index (χ4n) is 3.86. The molecule has 2 amide bonds. The average molecular weight is 421 g/mol. The Morgan fingerprint density at radius 1 is 1.34 bits per heavy atom. The van der Waals surface area contributed by atoms with Crippen LogP contribution in [0.15, 0.2) is 18.2 Å². The minimum absolute atomic E-state index is 0.0347. The predicted molar refractivity (Wildman–Crippen MR) is 117 cm³/mol. The van der Waals surface area contributed by atoms with Crippen LogP contribution in [0, 0.1) is 19.8 Å². The van der Waals surface area contributed by atoms with Crippen molar-refractivity contribution >= 4 is 29.3 Å². The van der Waals surface area contributed by atoms with Crippen molar-refractivity contribution < 1.29 is 14.3 Å². The smallest absolute Gasteiger partial charge is 0.234 e. The minimum atomic E-state index is -0.228. The maximum atomic E-state index is 12.6. The van der Waals surface area contributed by atoms with Crippen LogP contribution in [0.2, 0.25) is 0 Å². The van der Waals surface area contributed by atoms with E-state index in [4.69, 9.17) is 4.74 Å². The van der Waals surface area contributed by atoms with Crippen molar-refractivity contribution in [2.45, 2.75) is 38.2 Å². The summed E-state index contributed by atoms with van der Waals surface area (Å²) in [4.78, 5) is 27.2. The minimum Gasteiger partial charge on any atom is -0.385 e. The van der Waals surface area contributed by atoms with E-state index in [1.807, 2.05) is 32.0 Å². The fraction of sp³-hybridized carbons (Fsp3) is 0.619. The number of hydrogen-bond acceptors (Lipinski definition) is 6. The topological polar surface area (TPSA) is 82.7 Å². The number of aryl methyl sites for hydroxylation is 2. The number of fused-ring (bicyclic) bond motifs is 1. The SMILES string of the molecule is COCCCN1CCC2NC(SCC(=O)Nc3ccc(C)c(C)c3)NC(=O)C2C1. The summed E-state index contributed by atoms with van der Waals surface area (Å²) in [6.45, 7) is 7.54. The van der Waals surface area contributed by atoms with Crippen molar-refractivity contribution in [2.75, 3.05) is 44.4 Å². The Labute approximate surface area is 177 Å². The zero-order valence-corrected chi connectivity index (χ0v) is 18.3. The van der Waals surface area contributed by atoms with Gasteiger partial charge in [0.25, 0.3) is 0 Å². The number of anilines is 1. The van der Waals surface area contributed by atoms with E-state index in [0.29, 0.717) is 0 Å². The van der Waals surface area contributed by atoms with E-state index in [2.05, 4.69) is 20.9 Å². The Kier molecular flexibility index (Phi) is 7.94. The van der Waals surface area contributed by atoms with Gasteiger partial charge in [-0.25, -0.2) is 0 Å². The van der Waals surface area contributed by atoms with Crippen LogP contribution >= 0.6 is 11.8 Å². The molecule has 2 fully saturated rings. The van der Waals surface area contributed by atoms with Gasteiger partial charge in [0.2, 0.25) is 11.8 Å². The molecule has 3 N–H and O–H groups in total. The summed E-state index contributed by atoms with van der Waals surface area (Å²) in [5.41, 5.74) is 2.93. The number of amides is 2. The summed E-state index contributed by atoms with van der Waals surface area (Å²) in [6, 6.07) is 6.06. The molecule has 3 unspecified atom stereocenters. The lowest BCUT2D eigenvalue weighted by molar-refractivity contribution is -0.130. The number of rotatable bonds is 8. The number of nitrogens with zero attached hydrogens (tertiary/aromatic N) is 1. The molecule has 8 heteroatoms. The van der Waals surface area contributed by atoms with Crippen LogP contribution in [-0.4, -0.2) is 67.4 Å². The molecular formula is C21H32N4O3S. The van der Waals surface area contributed by atoms with Crippen molar-refractivity contribution in [3.05, 3.63) is 29.3 Å². The lowest BCUT2D eigenvalue weighted by atomic mass is 9.90. The highest BCUT2D eigenvalue weighted by atomic mass is 32.2. The van der Waals surface area contributed by atoms with Crippen LogP contribution in [0.5, 0.6) is 0 Å². The predicted octanol–water partition coefficient (Wildman–Crippen LogP) is 1.71. The molecule has 2 saturated heterocycles. The van der Waals surface area contributed by atoms with Crippen molar-refractivity contribution in [2.24, 2.45) is 5.92 Å². The third-order valence-corrected chi connectivity index (χ3v) is 6.68. The maximum absolute atomic E-state index is 12.6. The molecule has 0 spiro atoms. The van der Waals surface area contributed by atoms with E-state index in [1.54, 1.807) is 7.11 Å². The van der Waals surface area contributed by atoms with Gasteiger partial charge in [-0.1, -0.05) is 6.07 Å². The quantitative estimate of drug-likeness (QED) is 0.556. The first-order valence-corrected chi connectivity index (χ1v) is 11.3. The first kappa shape index (κ1) is 22.1. The maximum Gasteiger partial charge on any atom is 0.234 e. The molecule has 160 valence electrons. The van der Waals surface area contributed by atoms with Gasteiger partial charge in [-0.2, -0.15) is 0 Å². The first-order chi connectivity index (χ1) is 14.0. The number of ether oxygens (including phenoxy) is 1. The van der Waals surface area contributed by atoms with E-state index in [1.165, 1.54) is 17.3 Å². The summed E-state index contributed by atoms with van der Waals surface area (Å²) in [5.74, 6) is 0.264. The number of hydrogen-bond donors (Lipinski definition) is 3. The molecule has 1 aromatic carbocycles. The van der Waals surface area contributed by atoms with E-state index in [0.717, 1.165) is 50.3 Å². The Morgan fingerprint density at radius 2 is 2.17 bits per heavy atom. The van der Waals surface area contributed by atoms with E-state index in [-0.39, 0.29) is 35.0 Å². The van der Waals surface area contributed by atoms with Crippen molar-refractivity contribution in [1.29, 1.82) is 0 Å². The molecule has 2 heterocycles. The van der Waals surface area contributed by atoms with Gasteiger partial charge in [0.05, 0.1) is 11.7 Å². The molecule has 0 aliphatic carbocycles. The number of piperidine rings is 1. The summed E-state index contributed by atoms with van der Waals surface area (Å²) in [6.07, 6.45) is 1.92. The Balaban J connectivity index is 1.44. The molecular weight excluding hydrogens is 388 g/mol. The molecule has 2 aliphatic heterocycles. The van der Waals surface area contributed by atoms with Crippen LogP contribution in [0.4, 0.5) is 5.69 Å². The molecule has 0 radical (unpaired) electrons. The van der Waals surface area contributed by atoms with E-state index in [9.17, 15) is 9.59 Å². The Bertz CT molecular complexity index is 730. The molecule has 29 heavy (non-hydrogen) atoms. The normalized spacial score (nSPS) is 24.7. The van der Waals surface area contributed by atoms with Gasteiger partial charge < -0.3 is 20.3 Å². The van der Waals surface area contributed by atoms with Crippen molar-refractivity contribution in [3.63, 3.8) is 0 Å². The largest absolute Gasteiger partial charge is 0.385 e. The second kappa shape index (κ2) is 10.4. The van der Waals surface area contributed by atoms with Crippen LogP contribution in [0.25, 0.3) is 0 Å².